The predicted molar refractivity (Wildman–Crippen MR) is 44.1 cm³/mol. The Bertz CT molecular complexity index is 142. The summed E-state index contributed by atoms with van der Waals surface area (Å²) < 4.78 is 11.1. The van der Waals surface area contributed by atoms with Crippen molar-refractivity contribution in [3.05, 3.63) is 0 Å². The van der Waals surface area contributed by atoms with Gasteiger partial charge in [-0.3, -0.25) is 0 Å². The smallest absolute Gasteiger partial charge is 0.169 e. The van der Waals surface area contributed by atoms with Gasteiger partial charge < -0.3 is 9.47 Å². The molecule has 0 amide bonds. The van der Waals surface area contributed by atoms with Gasteiger partial charge in [0.25, 0.3) is 0 Å². The molecule has 2 nitrogen and oxygen atoms in total. The fourth-order valence-corrected chi connectivity index (χ4v) is 1.01. The summed E-state index contributed by atoms with van der Waals surface area (Å²) in [6.45, 7) is 10.3. The molecule has 0 aromatic carbocycles. The quantitative estimate of drug-likeness (QED) is 0.614. The molecule has 1 heterocycles. The largest absolute Gasteiger partial charge is 0.321 e. The van der Waals surface area contributed by atoms with Crippen LogP contribution in [0.3, 0.4) is 0 Å². The second kappa shape index (κ2) is 2.46. The number of ether oxygens (including phenoxy) is 2. The van der Waals surface area contributed by atoms with Crippen molar-refractivity contribution in [3.63, 3.8) is 0 Å². The van der Waals surface area contributed by atoms with E-state index in [2.05, 4.69) is 20.8 Å². The minimum atomic E-state index is -0.350. The Balaban J connectivity index is 2.43. The summed E-state index contributed by atoms with van der Waals surface area (Å²) in [6.07, 6.45) is 1.07. The van der Waals surface area contributed by atoms with Gasteiger partial charge in [-0.1, -0.05) is 20.8 Å². The number of hydrogen-bond acceptors (Lipinski definition) is 2. The molecule has 0 saturated carbocycles. The Labute approximate surface area is 68.9 Å². The minimum absolute atomic E-state index is 0.0116. The van der Waals surface area contributed by atoms with Crippen LogP contribution in [0.1, 0.15) is 41.0 Å². The second-order valence-electron chi connectivity index (χ2n) is 4.31. The maximum atomic E-state index is 5.56. The van der Waals surface area contributed by atoms with Gasteiger partial charge in [0.15, 0.2) is 12.1 Å². The summed E-state index contributed by atoms with van der Waals surface area (Å²) in [5.41, 5.74) is 0.148. The molecule has 1 rings (SSSR count). The van der Waals surface area contributed by atoms with E-state index in [0.29, 0.717) is 0 Å². The van der Waals surface area contributed by atoms with Gasteiger partial charge >= 0.3 is 0 Å². The highest BCUT2D eigenvalue weighted by atomic mass is 16.9. The van der Waals surface area contributed by atoms with Gasteiger partial charge in [0.1, 0.15) is 0 Å². The molecule has 11 heavy (non-hydrogen) atoms. The molecule has 1 saturated heterocycles. The summed E-state index contributed by atoms with van der Waals surface area (Å²) >= 11 is 0. The molecular weight excluding hydrogens is 140 g/mol. The third kappa shape index (κ3) is 1.74. The van der Waals surface area contributed by atoms with Crippen LogP contribution in [-0.4, -0.2) is 12.1 Å². The van der Waals surface area contributed by atoms with E-state index >= 15 is 0 Å². The molecule has 0 radical (unpaired) electrons. The second-order valence-corrected chi connectivity index (χ2v) is 4.31. The zero-order valence-electron chi connectivity index (χ0n) is 8.10. The van der Waals surface area contributed by atoms with Crippen molar-refractivity contribution in [3.8, 4) is 0 Å². The van der Waals surface area contributed by atoms with E-state index < -0.39 is 0 Å². The molecule has 1 aliphatic rings. The maximum Gasteiger partial charge on any atom is 0.169 e. The van der Waals surface area contributed by atoms with Crippen molar-refractivity contribution in [1.82, 2.24) is 0 Å². The monoisotopic (exact) mass is 158 g/mol. The van der Waals surface area contributed by atoms with Crippen LogP contribution in [-0.2, 0) is 9.47 Å². The maximum absolute atomic E-state index is 5.56. The lowest BCUT2D eigenvalue weighted by molar-refractivity contribution is -0.462. The Morgan fingerprint density at radius 1 is 1.27 bits per heavy atom. The average Bonchev–Trinajstić information content (AvgIpc) is 1.83. The minimum Gasteiger partial charge on any atom is -0.321 e. The first-order valence-corrected chi connectivity index (χ1v) is 4.23. The first kappa shape index (κ1) is 9.01. The predicted octanol–water partition coefficient (Wildman–Crippen LogP) is 2.53. The van der Waals surface area contributed by atoms with Gasteiger partial charge in [0.2, 0.25) is 0 Å². The SMILES string of the molecule is CCC(C)(C)C1OC(C)(C)O1. The molecular formula is C9H18O2. The van der Waals surface area contributed by atoms with Crippen molar-refractivity contribution < 1.29 is 9.47 Å². The lowest BCUT2D eigenvalue weighted by Crippen LogP contribution is -2.55. The van der Waals surface area contributed by atoms with E-state index in [1.807, 2.05) is 13.8 Å². The molecule has 2 heteroatoms. The Morgan fingerprint density at radius 3 is 2.00 bits per heavy atom. The highest BCUT2D eigenvalue weighted by molar-refractivity contribution is 4.79. The number of rotatable bonds is 2. The Hall–Kier alpha value is -0.0800. The fourth-order valence-electron chi connectivity index (χ4n) is 1.01. The average molecular weight is 158 g/mol. The summed E-state index contributed by atoms with van der Waals surface area (Å²) in [6, 6.07) is 0. The normalized spacial score (nSPS) is 24.8. The molecule has 1 aliphatic heterocycles. The molecule has 0 N–H and O–H groups in total. The highest BCUT2D eigenvalue weighted by Crippen LogP contribution is 2.40. The van der Waals surface area contributed by atoms with Crippen LogP contribution in [0.4, 0.5) is 0 Å². The van der Waals surface area contributed by atoms with Gasteiger partial charge in [-0.15, -0.1) is 0 Å². The van der Waals surface area contributed by atoms with Crippen molar-refractivity contribution >= 4 is 0 Å². The van der Waals surface area contributed by atoms with E-state index in [4.69, 9.17) is 9.47 Å². The van der Waals surface area contributed by atoms with E-state index in [1.165, 1.54) is 0 Å². The molecule has 0 unspecified atom stereocenters. The van der Waals surface area contributed by atoms with Crippen LogP contribution in [0.5, 0.6) is 0 Å². The summed E-state index contributed by atoms with van der Waals surface area (Å²) in [4.78, 5) is 0. The molecule has 0 atom stereocenters. The third-order valence-corrected chi connectivity index (χ3v) is 2.33. The molecule has 66 valence electrons. The van der Waals surface area contributed by atoms with Gasteiger partial charge in [0.05, 0.1) is 0 Å². The molecule has 0 spiro atoms. The van der Waals surface area contributed by atoms with Crippen LogP contribution in [0.25, 0.3) is 0 Å². The number of hydrogen-bond donors (Lipinski definition) is 0. The summed E-state index contributed by atoms with van der Waals surface area (Å²) in [7, 11) is 0. The zero-order chi connectivity index (χ0) is 8.70. The first-order chi connectivity index (χ1) is 4.87. The van der Waals surface area contributed by atoms with E-state index in [0.717, 1.165) is 6.42 Å². The van der Waals surface area contributed by atoms with Gasteiger partial charge in [-0.25, -0.2) is 0 Å². The van der Waals surface area contributed by atoms with Crippen LogP contribution in [0.15, 0.2) is 0 Å². The standard InChI is InChI=1S/C9H18O2/c1-6-8(2,3)7-10-9(4,5)11-7/h7H,6H2,1-5H3. The van der Waals surface area contributed by atoms with E-state index in [9.17, 15) is 0 Å². The Morgan fingerprint density at radius 2 is 1.73 bits per heavy atom. The van der Waals surface area contributed by atoms with Crippen molar-refractivity contribution in [2.24, 2.45) is 5.41 Å². The summed E-state index contributed by atoms with van der Waals surface area (Å²) in [5.74, 6) is -0.350. The lowest BCUT2D eigenvalue weighted by atomic mass is 9.88. The molecule has 0 aliphatic carbocycles. The van der Waals surface area contributed by atoms with Crippen molar-refractivity contribution in [2.45, 2.75) is 53.1 Å². The van der Waals surface area contributed by atoms with Gasteiger partial charge in [0, 0.05) is 5.41 Å². The topological polar surface area (TPSA) is 18.5 Å². The van der Waals surface area contributed by atoms with Gasteiger partial charge in [-0.2, -0.15) is 0 Å². The van der Waals surface area contributed by atoms with Crippen molar-refractivity contribution in [2.75, 3.05) is 0 Å². The molecule has 1 fully saturated rings. The third-order valence-electron chi connectivity index (χ3n) is 2.33. The van der Waals surface area contributed by atoms with E-state index in [1.54, 1.807) is 0 Å². The molecule has 0 aromatic rings. The highest BCUT2D eigenvalue weighted by Gasteiger charge is 2.46. The van der Waals surface area contributed by atoms with Gasteiger partial charge in [-0.05, 0) is 20.3 Å². The van der Waals surface area contributed by atoms with Crippen LogP contribution in [0.2, 0.25) is 0 Å². The van der Waals surface area contributed by atoms with Crippen LogP contribution < -0.4 is 0 Å². The lowest BCUT2D eigenvalue weighted by Gasteiger charge is -2.49. The fraction of sp³-hybridized carbons (Fsp3) is 1.00. The Kier molecular flexibility index (Phi) is 2.01. The van der Waals surface area contributed by atoms with Crippen molar-refractivity contribution in [1.29, 1.82) is 0 Å². The zero-order valence-corrected chi connectivity index (χ0v) is 8.10. The van der Waals surface area contributed by atoms with Crippen LogP contribution >= 0.6 is 0 Å². The van der Waals surface area contributed by atoms with Crippen LogP contribution in [0, 0.1) is 5.41 Å². The molecule has 0 bridgehead atoms. The summed E-state index contributed by atoms with van der Waals surface area (Å²) in [5, 5.41) is 0. The molecule has 0 aromatic heterocycles. The first-order valence-electron chi connectivity index (χ1n) is 4.23. The van der Waals surface area contributed by atoms with E-state index in [-0.39, 0.29) is 17.5 Å².